The van der Waals surface area contributed by atoms with Crippen molar-refractivity contribution in [3.63, 3.8) is 0 Å². The summed E-state index contributed by atoms with van der Waals surface area (Å²) in [6, 6.07) is 17.2. The largest absolute Gasteiger partial charge is 0.352 e. The van der Waals surface area contributed by atoms with E-state index in [-0.39, 0.29) is 23.5 Å². The molecular formula is C41H48Cl2N12O2. The van der Waals surface area contributed by atoms with Crippen LogP contribution < -0.4 is 20.4 Å². The molecule has 8 rings (SSSR count). The first-order valence-corrected chi connectivity index (χ1v) is 19.8. The minimum absolute atomic E-state index is 0.0145. The number of hydrogen-bond acceptors (Lipinski definition) is 8. The highest BCUT2D eigenvalue weighted by Crippen LogP contribution is 2.28. The summed E-state index contributed by atoms with van der Waals surface area (Å²) in [4.78, 5) is 57.4. The second-order valence-corrected chi connectivity index (χ2v) is 16.4. The number of carbonyl (C=O) groups excluding carboxylic acids is 2. The van der Waals surface area contributed by atoms with Crippen LogP contribution in [-0.2, 0) is 5.41 Å². The molecule has 2 aromatic carbocycles. The molecule has 0 unspecified atom stereocenters. The Morgan fingerprint density at radius 2 is 1.28 bits per heavy atom. The third kappa shape index (κ3) is 9.02. The Kier molecular flexibility index (Phi) is 11.5. The Morgan fingerprint density at radius 1 is 0.719 bits per heavy atom. The Balaban J connectivity index is 0.000000174. The fourth-order valence-corrected chi connectivity index (χ4v) is 7.49. The number of carbonyl (C=O) groups is 2. The smallest absolute Gasteiger partial charge is 0.324 e. The van der Waals surface area contributed by atoms with Gasteiger partial charge in [-0.3, -0.25) is 10.6 Å². The van der Waals surface area contributed by atoms with E-state index < -0.39 is 0 Å². The van der Waals surface area contributed by atoms with Crippen LogP contribution >= 0.6 is 23.2 Å². The Labute approximate surface area is 342 Å². The number of H-pyrrole nitrogens is 2. The molecule has 14 nitrogen and oxygen atoms in total. The van der Waals surface area contributed by atoms with Gasteiger partial charge in [-0.25, -0.2) is 29.5 Å². The van der Waals surface area contributed by atoms with Crippen molar-refractivity contribution >= 4 is 80.9 Å². The highest BCUT2D eigenvalue weighted by molar-refractivity contribution is 6.33. The average molecular weight is 812 g/mol. The number of aryl methyl sites for hydroxylation is 2. The lowest BCUT2D eigenvalue weighted by Crippen LogP contribution is -2.55. The quantitative estimate of drug-likeness (QED) is 0.139. The van der Waals surface area contributed by atoms with E-state index in [2.05, 4.69) is 97.1 Å². The number of imidazole rings is 2. The summed E-state index contributed by atoms with van der Waals surface area (Å²) in [6.07, 6.45) is 3.46. The van der Waals surface area contributed by atoms with Crippen molar-refractivity contribution in [1.29, 1.82) is 0 Å². The molecule has 0 aliphatic carbocycles. The molecule has 2 fully saturated rings. The summed E-state index contributed by atoms with van der Waals surface area (Å²) in [5, 5.41) is 7.03. The van der Waals surface area contributed by atoms with E-state index in [1.807, 2.05) is 54.3 Å². The number of halogens is 2. The van der Waals surface area contributed by atoms with Gasteiger partial charge in [0.25, 0.3) is 0 Å². The van der Waals surface area contributed by atoms with Gasteiger partial charge in [-0.2, -0.15) is 0 Å². The minimum Gasteiger partial charge on any atom is -0.352 e. The molecule has 57 heavy (non-hydrogen) atoms. The van der Waals surface area contributed by atoms with Crippen molar-refractivity contribution in [2.24, 2.45) is 0 Å². The lowest BCUT2D eigenvalue weighted by molar-refractivity contribution is 0.184. The number of aromatic nitrogens is 6. The van der Waals surface area contributed by atoms with Gasteiger partial charge in [0.05, 0.1) is 32.1 Å². The van der Waals surface area contributed by atoms with E-state index in [0.717, 1.165) is 33.7 Å². The Hall–Kier alpha value is -5.60. The highest BCUT2D eigenvalue weighted by atomic mass is 35.5. The Morgan fingerprint density at radius 3 is 1.89 bits per heavy atom. The third-order valence-electron chi connectivity index (χ3n) is 10.4. The van der Waals surface area contributed by atoms with Crippen molar-refractivity contribution in [3.05, 3.63) is 93.7 Å². The van der Waals surface area contributed by atoms with Crippen LogP contribution in [0.1, 0.15) is 44.4 Å². The summed E-state index contributed by atoms with van der Waals surface area (Å²) < 4.78 is 0. The topological polar surface area (TPSA) is 154 Å². The summed E-state index contributed by atoms with van der Waals surface area (Å²) in [5.41, 5.74) is 7.16. The molecule has 0 bridgehead atoms. The number of amides is 4. The van der Waals surface area contributed by atoms with Crippen LogP contribution in [0, 0.1) is 13.8 Å². The van der Waals surface area contributed by atoms with Crippen molar-refractivity contribution in [1.82, 2.24) is 39.7 Å². The molecule has 16 heteroatoms. The van der Waals surface area contributed by atoms with E-state index in [0.29, 0.717) is 67.8 Å². The molecule has 2 aliphatic rings. The summed E-state index contributed by atoms with van der Waals surface area (Å²) >= 11 is 12.5. The van der Waals surface area contributed by atoms with Crippen LogP contribution in [0.3, 0.4) is 0 Å². The van der Waals surface area contributed by atoms with Gasteiger partial charge in [-0.1, -0.05) is 50.0 Å². The molecule has 298 valence electrons. The molecule has 0 spiro atoms. The SMILES string of the molecule is CC(C)(C)c1ccc2nc(NC(=O)N3CCN(c4ncccc4Cl)CC3)[nH]c2c1.Cc1cc2nc(NC(=O)N3CCN(c4ncccc4Cl)C[C@H]3C)[nH]c2cc1C. The molecule has 6 heterocycles. The molecule has 0 radical (unpaired) electrons. The maximum absolute atomic E-state index is 12.8. The van der Waals surface area contributed by atoms with E-state index in [9.17, 15) is 9.59 Å². The maximum Gasteiger partial charge on any atom is 0.324 e. The second kappa shape index (κ2) is 16.5. The number of aromatic amines is 2. The number of benzene rings is 2. The standard InChI is InChI=1S/C21H25ClN6O.C20H23ClN6O/c1-21(2,3)14-6-7-16-17(13-14)25-19(24-16)26-20(29)28-11-9-27(10-12-28)18-15(22)5-4-8-23-18;1-12-9-16-17(10-13(12)2)24-19(23-16)25-20(28)27-8-7-26(11-14(27)3)18-15(21)5-4-6-22-18/h4-8,13H,9-12H2,1-3H3,(H2,24,25,26,29);4-6,9-10,14H,7-8,11H2,1-3H3,(H2,23,24,25,28)/t;14-/m.1/s1. The number of hydrogen-bond donors (Lipinski definition) is 4. The molecule has 1 atom stereocenters. The molecule has 6 aromatic rings. The van der Waals surface area contributed by atoms with Crippen LogP contribution in [-0.4, -0.2) is 104 Å². The average Bonchev–Trinajstić information content (AvgIpc) is 3.77. The first-order chi connectivity index (χ1) is 27.2. The summed E-state index contributed by atoms with van der Waals surface area (Å²) in [5.74, 6) is 2.46. The number of rotatable bonds is 4. The molecule has 2 saturated heterocycles. The molecule has 0 saturated carbocycles. The van der Waals surface area contributed by atoms with Crippen LogP contribution in [0.2, 0.25) is 10.0 Å². The molecule has 4 aromatic heterocycles. The second-order valence-electron chi connectivity index (χ2n) is 15.5. The lowest BCUT2D eigenvalue weighted by atomic mass is 9.87. The van der Waals surface area contributed by atoms with Gasteiger partial charge < -0.3 is 29.6 Å². The number of fused-ring (bicyclic) bond motifs is 2. The van der Waals surface area contributed by atoms with Gasteiger partial charge in [-0.05, 0) is 91.4 Å². The van der Waals surface area contributed by atoms with Crippen molar-refractivity contribution in [2.45, 2.75) is 53.0 Å². The number of nitrogens with zero attached hydrogens (tertiary/aromatic N) is 8. The van der Waals surface area contributed by atoms with E-state index in [1.54, 1.807) is 17.3 Å². The van der Waals surface area contributed by atoms with Gasteiger partial charge >= 0.3 is 12.1 Å². The zero-order chi connectivity index (χ0) is 40.4. The maximum atomic E-state index is 12.8. The lowest BCUT2D eigenvalue weighted by Gasteiger charge is -2.40. The third-order valence-corrected chi connectivity index (χ3v) is 11.0. The predicted octanol–water partition coefficient (Wildman–Crippen LogP) is 8.23. The minimum atomic E-state index is -0.160. The van der Waals surface area contributed by atoms with Crippen molar-refractivity contribution in [2.75, 3.05) is 66.2 Å². The van der Waals surface area contributed by atoms with E-state index >= 15 is 0 Å². The summed E-state index contributed by atoms with van der Waals surface area (Å²) in [7, 11) is 0. The Bertz CT molecular complexity index is 2360. The van der Waals surface area contributed by atoms with Crippen LogP contribution in [0.25, 0.3) is 22.1 Å². The van der Waals surface area contributed by atoms with Gasteiger partial charge in [-0.15, -0.1) is 0 Å². The van der Waals surface area contributed by atoms with Gasteiger partial charge in [0, 0.05) is 64.2 Å². The van der Waals surface area contributed by atoms with E-state index in [4.69, 9.17) is 23.2 Å². The number of anilines is 4. The normalized spacial score (nSPS) is 16.1. The monoisotopic (exact) mass is 810 g/mol. The summed E-state index contributed by atoms with van der Waals surface area (Å²) in [6.45, 7) is 17.1. The molecule has 4 amide bonds. The molecule has 2 aliphatic heterocycles. The first-order valence-electron chi connectivity index (χ1n) is 19.0. The van der Waals surface area contributed by atoms with Crippen molar-refractivity contribution < 1.29 is 9.59 Å². The number of nitrogens with one attached hydrogen (secondary N) is 4. The van der Waals surface area contributed by atoms with Crippen LogP contribution in [0.4, 0.5) is 33.1 Å². The fourth-order valence-electron chi connectivity index (χ4n) is 7.01. The molecular weight excluding hydrogens is 763 g/mol. The molecule has 4 N–H and O–H groups in total. The van der Waals surface area contributed by atoms with E-state index in [1.165, 1.54) is 16.7 Å². The van der Waals surface area contributed by atoms with Crippen LogP contribution in [0.5, 0.6) is 0 Å². The number of piperazine rings is 2. The number of urea groups is 2. The highest BCUT2D eigenvalue weighted by Gasteiger charge is 2.30. The van der Waals surface area contributed by atoms with Gasteiger partial charge in [0.2, 0.25) is 11.9 Å². The van der Waals surface area contributed by atoms with Gasteiger partial charge in [0.15, 0.2) is 0 Å². The zero-order valence-electron chi connectivity index (χ0n) is 33.0. The first kappa shape index (κ1) is 39.6. The fraction of sp³-hybridized carbons (Fsp3) is 0.366. The van der Waals surface area contributed by atoms with Crippen LogP contribution in [0.15, 0.2) is 67.0 Å². The number of pyridine rings is 2. The predicted molar refractivity (Wildman–Crippen MR) is 229 cm³/mol. The van der Waals surface area contributed by atoms with Crippen molar-refractivity contribution in [3.8, 4) is 0 Å². The zero-order valence-corrected chi connectivity index (χ0v) is 34.5. The van der Waals surface area contributed by atoms with Gasteiger partial charge in [0.1, 0.15) is 11.6 Å².